The Hall–Kier alpha value is -4.49. The molecule has 0 N–H and O–H groups in total. The van der Waals surface area contributed by atoms with Gasteiger partial charge in [-0.3, -0.25) is 0 Å². The average molecular weight is 900 g/mol. The molecule has 11 nitrogen and oxygen atoms in total. The second kappa shape index (κ2) is 18.8. The van der Waals surface area contributed by atoms with Crippen LogP contribution in [0.25, 0.3) is 0 Å². The second-order valence-corrected chi connectivity index (χ2v) is 19.7. The minimum absolute atomic E-state index is 0.117. The highest BCUT2D eigenvalue weighted by atomic mass is 35.5. The highest BCUT2D eigenvalue weighted by Gasteiger charge is 2.31. The van der Waals surface area contributed by atoms with Gasteiger partial charge in [0.25, 0.3) is 0 Å². The van der Waals surface area contributed by atoms with Gasteiger partial charge >= 0.3 is 0 Å². The lowest BCUT2D eigenvalue weighted by Crippen LogP contribution is -2.48. The normalized spacial score (nSPS) is 15.5. The van der Waals surface area contributed by atoms with E-state index >= 15 is 0 Å². The van der Waals surface area contributed by atoms with E-state index in [-0.39, 0.29) is 9.79 Å². The molecule has 4 aromatic carbocycles. The number of piperazine rings is 2. The third kappa shape index (κ3) is 10.6. The standard InChI is InChI=1S/C21H22FN3O3S2.C20H19ClFN3O2S2/c1-28-19-6-2-16(3-7-19)14-18-15-29-21(23-18)24-10-12-25(13-11-24)30(26,27)20-8-4-17(22)5-9-20;21-16-3-1-15(2-4-16)13-18-14-28-20(23-18)24-9-11-25(12-10-24)29(26,27)19-7-5-17(22)6-8-19/h2-9,15H,10-14H2,1H3;1-8,14H,9-13H2. The molecule has 8 rings (SSSR count). The number of aromatic nitrogens is 2. The van der Waals surface area contributed by atoms with Gasteiger partial charge in [0, 0.05) is 81.0 Å². The van der Waals surface area contributed by atoms with Gasteiger partial charge in [0.15, 0.2) is 10.3 Å². The zero-order valence-corrected chi connectivity index (χ0v) is 36.0. The lowest BCUT2D eigenvalue weighted by Gasteiger charge is -2.33. The molecule has 6 aromatic rings. The van der Waals surface area contributed by atoms with Crippen LogP contribution in [0, 0.1) is 11.6 Å². The summed E-state index contributed by atoms with van der Waals surface area (Å²) >= 11 is 9.06. The van der Waals surface area contributed by atoms with E-state index < -0.39 is 31.7 Å². The van der Waals surface area contributed by atoms with Gasteiger partial charge in [-0.2, -0.15) is 8.61 Å². The van der Waals surface area contributed by atoms with Crippen LogP contribution in [0.2, 0.25) is 5.02 Å². The van der Waals surface area contributed by atoms with Crippen LogP contribution in [-0.2, 0) is 32.9 Å². The molecule has 2 aromatic heterocycles. The smallest absolute Gasteiger partial charge is 0.243 e. The Balaban J connectivity index is 0.000000179. The summed E-state index contributed by atoms with van der Waals surface area (Å²) in [5, 5.41) is 6.58. The molecule has 2 saturated heterocycles. The largest absolute Gasteiger partial charge is 0.497 e. The topological polar surface area (TPSA) is 116 Å². The summed E-state index contributed by atoms with van der Waals surface area (Å²) < 4.78 is 85.3. The molecule has 0 aliphatic carbocycles. The Morgan fingerprint density at radius 2 is 0.949 bits per heavy atom. The van der Waals surface area contributed by atoms with Crippen LogP contribution in [0.1, 0.15) is 22.5 Å². The molecular formula is C41H41ClF2N6O5S4. The van der Waals surface area contributed by atoms with Crippen molar-refractivity contribution in [3.05, 3.63) is 147 Å². The van der Waals surface area contributed by atoms with Crippen LogP contribution in [0.3, 0.4) is 0 Å². The highest BCUT2D eigenvalue weighted by molar-refractivity contribution is 7.89. The van der Waals surface area contributed by atoms with Crippen LogP contribution < -0.4 is 14.5 Å². The third-order valence-electron chi connectivity index (χ3n) is 9.84. The number of nitrogens with zero attached hydrogens (tertiary/aromatic N) is 6. The molecule has 0 bridgehead atoms. The number of sulfonamides is 2. The molecule has 2 aliphatic heterocycles. The fourth-order valence-corrected chi connectivity index (χ4v) is 11.3. The van der Waals surface area contributed by atoms with Crippen molar-refractivity contribution in [1.82, 2.24) is 18.6 Å². The molecule has 4 heterocycles. The summed E-state index contributed by atoms with van der Waals surface area (Å²) in [7, 11) is -5.58. The summed E-state index contributed by atoms with van der Waals surface area (Å²) in [4.78, 5) is 13.9. The number of hydrogen-bond donors (Lipinski definition) is 0. The van der Waals surface area contributed by atoms with Crippen molar-refractivity contribution < 1.29 is 30.4 Å². The zero-order chi connectivity index (χ0) is 41.6. The van der Waals surface area contributed by atoms with Gasteiger partial charge in [-0.15, -0.1) is 22.7 Å². The van der Waals surface area contributed by atoms with Crippen molar-refractivity contribution in [3.63, 3.8) is 0 Å². The van der Waals surface area contributed by atoms with E-state index in [9.17, 15) is 25.6 Å². The van der Waals surface area contributed by atoms with E-state index in [0.29, 0.717) is 57.4 Å². The Morgan fingerprint density at radius 1 is 0.576 bits per heavy atom. The van der Waals surface area contributed by atoms with Crippen LogP contribution in [0.15, 0.2) is 118 Å². The van der Waals surface area contributed by atoms with Gasteiger partial charge < -0.3 is 14.5 Å². The van der Waals surface area contributed by atoms with Crippen LogP contribution >= 0.6 is 34.3 Å². The molecule has 18 heteroatoms. The molecule has 0 amide bonds. The maximum Gasteiger partial charge on any atom is 0.243 e. The van der Waals surface area contributed by atoms with Crippen molar-refractivity contribution >= 4 is 64.6 Å². The van der Waals surface area contributed by atoms with Gasteiger partial charge in [0.1, 0.15) is 17.4 Å². The molecule has 2 fully saturated rings. The summed E-state index contributed by atoms with van der Waals surface area (Å²) in [6.45, 7) is 3.73. The van der Waals surface area contributed by atoms with Gasteiger partial charge in [0.05, 0.1) is 28.3 Å². The Labute approximate surface area is 356 Å². The maximum atomic E-state index is 13.1. The summed E-state index contributed by atoms with van der Waals surface area (Å²) in [5.41, 5.74) is 4.26. The molecule has 310 valence electrons. The van der Waals surface area contributed by atoms with E-state index in [0.717, 1.165) is 51.4 Å². The van der Waals surface area contributed by atoms with Crippen molar-refractivity contribution in [3.8, 4) is 5.75 Å². The number of ether oxygens (including phenoxy) is 1. The first-order valence-corrected chi connectivity index (χ1v) is 23.7. The Bertz CT molecular complexity index is 2530. The molecule has 2 aliphatic rings. The van der Waals surface area contributed by atoms with Crippen molar-refractivity contribution in [2.24, 2.45) is 0 Å². The molecule has 0 radical (unpaired) electrons. The molecule has 0 atom stereocenters. The third-order valence-corrected chi connectivity index (χ3v) is 15.8. The first-order chi connectivity index (χ1) is 28.4. The van der Waals surface area contributed by atoms with Gasteiger partial charge in [-0.25, -0.2) is 35.6 Å². The summed E-state index contributed by atoms with van der Waals surface area (Å²) in [5.74, 6) is -0.0777. The van der Waals surface area contributed by atoms with E-state index in [2.05, 4.69) is 9.80 Å². The van der Waals surface area contributed by atoms with E-state index in [4.69, 9.17) is 26.3 Å². The molecule has 0 saturated carbocycles. The van der Waals surface area contributed by atoms with E-state index in [1.807, 2.05) is 59.3 Å². The fourth-order valence-electron chi connectivity index (χ4n) is 6.56. The Morgan fingerprint density at radius 3 is 1.32 bits per heavy atom. The number of benzene rings is 4. The predicted octanol–water partition coefficient (Wildman–Crippen LogP) is 7.43. The van der Waals surface area contributed by atoms with Gasteiger partial charge in [-0.1, -0.05) is 35.9 Å². The van der Waals surface area contributed by atoms with Crippen LogP contribution in [0.4, 0.5) is 19.0 Å². The number of hydrogen-bond acceptors (Lipinski definition) is 11. The fraction of sp³-hybridized carbons (Fsp3) is 0.268. The molecule has 0 unspecified atom stereocenters. The Kier molecular flexibility index (Phi) is 13.6. The molecule has 0 spiro atoms. The lowest BCUT2D eigenvalue weighted by atomic mass is 10.1. The predicted molar refractivity (Wildman–Crippen MR) is 229 cm³/mol. The molecular weight excluding hydrogens is 858 g/mol. The van der Waals surface area contributed by atoms with Crippen LogP contribution in [0.5, 0.6) is 5.75 Å². The number of anilines is 2. The van der Waals surface area contributed by atoms with E-state index in [1.54, 1.807) is 29.8 Å². The highest BCUT2D eigenvalue weighted by Crippen LogP contribution is 2.28. The number of methoxy groups -OCH3 is 1. The van der Waals surface area contributed by atoms with Crippen molar-refractivity contribution in [1.29, 1.82) is 0 Å². The quantitative estimate of drug-likeness (QED) is 0.131. The lowest BCUT2D eigenvalue weighted by molar-refractivity contribution is 0.384. The van der Waals surface area contributed by atoms with Crippen molar-refractivity contribution in [2.45, 2.75) is 22.6 Å². The first-order valence-electron chi connectivity index (χ1n) is 18.6. The zero-order valence-electron chi connectivity index (χ0n) is 32.0. The molecule has 59 heavy (non-hydrogen) atoms. The number of halogens is 3. The maximum absolute atomic E-state index is 13.1. The van der Waals surface area contributed by atoms with Crippen LogP contribution in [-0.4, -0.2) is 94.9 Å². The van der Waals surface area contributed by atoms with E-state index in [1.165, 1.54) is 57.1 Å². The SMILES string of the molecule is COc1ccc(Cc2csc(N3CCN(S(=O)(=O)c4ccc(F)cc4)CC3)n2)cc1.O=S(=O)(c1ccc(F)cc1)N1CCN(c2nc(Cc3ccc(Cl)cc3)cs2)CC1. The van der Waals surface area contributed by atoms with Crippen molar-refractivity contribution in [2.75, 3.05) is 69.3 Å². The minimum atomic E-state index is -3.61. The van der Waals surface area contributed by atoms with Gasteiger partial charge in [-0.05, 0) is 83.9 Å². The number of rotatable bonds is 11. The number of thiazole rings is 2. The first kappa shape index (κ1) is 42.6. The minimum Gasteiger partial charge on any atom is -0.497 e. The second-order valence-electron chi connectivity index (χ2n) is 13.8. The average Bonchev–Trinajstić information content (AvgIpc) is 3.93. The summed E-state index contributed by atoms with van der Waals surface area (Å²) in [6, 6.07) is 25.5. The monoisotopic (exact) mass is 898 g/mol. The summed E-state index contributed by atoms with van der Waals surface area (Å²) in [6.07, 6.45) is 1.46. The van der Waals surface area contributed by atoms with Gasteiger partial charge in [0.2, 0.25) is 20.0 Å².